The van der Waals surface area contributed by atoms with Crippen molar-refractivity contribution in [1.82, 2.24) is 5.32 Å². The van der Waals surface area contributed by atoms with Crippen molar-refractivity contribution in [3.8, 4) is 0 Å². The number of thiophene rings is 1. The summed E-state index contributed by atoms with van der Waals surface area (Å²) in [5.41, 5.74) is 2.85. The molecule has 13 heavy (non-hydrogen) atoms. The second-order valence-electron chi connectivity index (χ2n) is 3.99. The van der Waals surface area contributed by atoms with E-state index in [1.54, 1.807) is 11.3 Å². The van der Waals surface area contributed by atoms with E-state index in [-0.39, 0.29) is 0 Å². The van der Waals surface area contributed by atoms with Crippen LogP contribution in [0.15, 0.2) is 10.8 Å². The fourth-order valence-electron chi connectivity index (χ4n) is 1.07. The van der Waals surface area contributed by atoms with Crippen molar-refractivity contribution in [3.05, 3.63) is 21.9 Å². The van der Waals surface area contributed by atoms with Crippen LogP contribution >= 0.6 is 11.3 Å². The van der Waals surface area contributed by atoms with E-state index in [1.165, 1.54) is 11.1 Å². The number of aryl methyl sites for hydroxylation is 1. The van der Waals surface area contributed by atoms with Crippen molar-refractivity contribution in [2.75, 3.05) is 0 Å². The number of hydrogen-bond donors (Lipinski definition) is 1. The molecule has 0 amide bonds. The zero-order valence-corrected chi connectivity index (χ0v) is 9.74. The average molecular weight is 197 g/mol. The lowest BCUT2D eigenvalue weighted by Gasteiger charge is -2.17. The molecule has 1 heterocycles. The zero-order chi connectivity index (χ0) is 9.84. The number of nitrogens with one attached hydrogen (secondary N) is 1. The molecule has 0 spiro atoms. The summed E-state index contributed by atoms with van der Waals surface area (Å²) >= 11 is 1.79. The van der Waals surface area contributed by atoms with E-state index in [4.69, 9.17) is 0 Å². The van der Waals surface area contributed by atoms with Gasteiger partial charge in [-0.15, -0.1) is 0 Å². The fraction of sp³-hybridized carbons (Fsp3) is 0.636. The molecule has 0 radical (unpaired) electrons. The molecule has 2 heteroatoms. The Balaban J connectivity index is 2.39. The molecule has 74 valence electrons. The van der Waals surface area contributed by atoms with Gasteiger partial charge in [0.1, 0.15) is 0 Å². The Bertz CT molecular complexity index is 252. The quantitative estimate of drug-likeness (QED) is 0.781. The van der Waals surface area contributed by atoms with Crippen molar-refractivity contribution in [2.45, 2.75) is 40.3 Å². The summed E-state index contributed by atoms with van der Waals surface area (Å²) in [5.74, 6) is 0.707. The van der Waals surface area contributed by atoms with Crippen molar-refractivity contribution >= 4 is 11.3 Å². The Morgan fingerprint density at radius 3 is 2.46 bits per heavy atom. The highest BCUT2D eigenvalue weighted by Crippen LogP contribution is 2.13. The van der Waals surface area contributed by atoms with Crippen LogP contribution in [-0.4, -0.2) is 6.04 Å². The first-order valence-electron chi connectivity index (χ1n) is 4.86. The molecule has 1 atom stereocenters. The minimum absolute atomic E-state index is 0.597. The molecule has 1 rings (SSSR count). The van der Waals surface area contributed by atoms with E-state index in [2.05, 4.69) is 43.8 Å². The molecule has 0 aliphatic heterocycles. The summed E-state index contributed by atoms with van der Waals surface area (Å²) in [6.07, 6.45) is 0. The first-order chi connectivity index (χ1) is 6.11. The summed E-state index contributed by atoms with van der Waals surface area (Å²) in [6, 6.07) is 0.597. The van der Waals surface area contributed by atoms with Gasteiger partial charge in [-0.1, -0.05) is 13.8 Å². The van der Waals surface area contributed by atoms with Gasteiger partial charge in [0.25, 0.3) is 0 Å². The van der Waals surface area contributed by atoms with Gasteiger partial charge < -0.3 is 5.32 Å². The molecule has 0 fully saturated rings. The highest BCUT2D eigenvalue weighted by Gasteiger charge is 2.06. The molecule has 0 aliphatic carbocycles. The van der Waals surface area contributed by atoms with Crippen molar-refractivity contribution < 1.29 is 0 Å². The van der Waals surface area contributed by atoms with Gasteiger partial charge in [0.2, 0.25) is 0 Å². The molecule has 1 N–H and O–H groups in total. The van der Waals surface area contributed by atoms with E-state index in [9.17, 15) is 0 Å². The smallest absolute Gasteiger partial charge is 0.0218 e. The van der Waals surface area contributed by atoms with Gasteiger partial charge in [-0.25, -0.2) is 0 Å². The van der Waals surface area contributed by atoms with Gasteiger partial charge in [-0.3, -0.25) is 0 Å². The van der Waals surface area contributed by atoms with Crippen LogP contribution in [0, 0.1) is 12.8 Å². The van der Waals surface area contributed by atoms with E-state index in [0.717, 1.165) is 6.54 Å². The molecular formula is C11H19NS. The molecule has 0 aliphatic rings. The molecule has 0 saturated carbocycles. The predicted octanol–water partition coefficient (Wildman–Crippen LogP) is 3.19. The first-order valence-corrected chi connectivity index (χ1v) is 5.80. The maximum Gasteiger partial charge on any atom is 0.0218 e. The first kappa shape index (κ1) is 10.7. The monoisotopic (exact) mass is 197 g/mol. The van der Waals surface area contributed by atoms with Crippen molar-refractivity contribution in [3.63, 3.8) is 0 Å². The summed E-state index contributed by atoms with van der Waals surface area (Å²) < 4.78 is 0. The van der Waals surface area contributed by atoms with E-state index in [1.807, 2.05) is 0 Å². The Hall–Kier alpha value is -0.340. The lowest BCUT2D eigenvalue weighted by atomic mass is 10.1. The molecule has 0 saturated heterocycles. The molecule has 0 bridgehead atoms. The van der Waals surface area contributed by atoms with Gasteiger partial charge in [0.15, 0.2) is 0 Å². The second-order valence-corrected chi connectivity index (χ2v) is 4.74. The molecular weight excluding hydrogens is 178 g/mol. The Morgan fingerprint density at radius 2 is 2.00 bits per heavy atom. The highest BCUT2D eigenvalue weighted by molar-refractivity contribution is 7.08. The second kappa shape index (κ2) is 4.77. The SMILES string of the molecule is Cc1cscc1CNC(C)C(C)C. The summed E-state index contributed by atoms with van der Waals surface area (Å²) in [6.45, 7) is 9.92. The van der Waals surface area contributed by atoms with Gasteiger partial charge in [0, 0.05) is 12.6 Å². The molecule has 1 nitrogen and oxygen atoms in total. The van der Waals surface area contributed by atoms with Crippen LogP contribution < -0.4 is 5.32 Å². The summed E-state index contributed by atoms with van der Waals surface area (Å²) in [4.78, 5) is 0. The minimum Gasteiger partial charge on any atom is -0.310 e. The van der Waals surface area contributed by atoms with Gasteiger partial charge in [-0.2, -0.15) is 11.3 Å². The molecule has 0 aromatic carbocycles. The number of hydrogen-bond acceptors (Lipinski definition) is 2. The third kappa shape index (κ3) is 3.12. The lowest BCUT2D eigenvalue weighted by molar-refractivity contribution is 0.426. The van der Waals surface area contributed by atoms with Crippen LogP contribution in [0.25, 0.3) is 0 Å². The summed E-state index contributed by atoms with van der Waals surface area (Å²) in [5, 5.41) is 7.97. The maximum absolute atomic E-state index is 3.53. The Kier molecular flexibility index (Phi) is 3.94. The minimum atomic E-state index is 0.597. The van der Waals surface area contributed by atoms with Crippen molar-refractivity contribution in [2.24, 2.45) is 5.92 Å². The largest absolute Gasteiger partial charge is 0.310 e. The van der Waals surface area contributed by atoms with Gasteiger partial charge in [0.05, 0.1) is 0 Å². The van der Waals surface area contributed by atoms with E-state index < -0.39 is 0 Å². The standard InChI is InChI=1S/C11H19NS/c1-8(2)10(4)12-5-11-7-13-6-9(11)3/h6-8,10,12H,5H2,1-4H3. The third-order valence-corrected chi connectivity index (χ3v) is 3.49. The van der Waals surface area contributed by atoms with Crippen LogP contribution in [0.1, 0.15) is 31.9 Å². The fourth-order valence-corrected chi connectivity index (χ4v) is 1.93. The normalized spacial score (nSPS) is 13.6. The van der Waals surface area contributed by atoms with Crippen LogP contribution in [0.5, 0.6) is 0 Å². The van der Waals surface area contributed by atoms with E-state index >= 15 is 0 Å². The van der Waals surface area contributed by atoms with Crippen LogP contribution in [0.4, 0.5) is 0 Å². The lowest BCUT2D eigenvalue weighted by Crippen LogP contribution is -2.30. The Labute approximate surface area is 85.2 Å². The zero-order valence-electron chi connectivity index (χ0n) is 8.92. The highest BCUT2D eigenvalue weighted by atomic mass is 32.1. The third-order valence-electron chi connectivity index (χ3n) is 2.58. The van der Waals surface area contributed by atoms with E-state index in [0.29, 0.717) is 12.0 Å². The maximum atomic E-state index is 3.53. The Morgan fingerprint density at radius 1 is 1.31 bits per heavy atom. The van der Waals surface area contributed by atoms with Gasteiger partial charge >= 0.3 is 0 Å². The molecule has 1 unspecified atom stereocenters. The van der Waals surface area contributed by atoms with Crippen LogP contribution in [0.2, 0.25) is 0 Å². The van der Waals surface area contributed by atoms with Gasteiger partial charge in [-0.05, 0) is 41.7 Å². The number of rotatable bonds is 4. The average Bonchev–Trinajstić information content (AvgIpc) is 2.47. The van der Waals surface area contributed by atoms with Crippen LogP contribution in [-0.2, 0) is 6.54 Å². The topological polar surface area (TPSA) is 12.0 Å². The van der Waals surface area contributed by atoms with Crippen LogP contribution in [0.3, 0.4) is 0 Å². The predicted molar refractivity (Wildman–Crippen MR) is 60.2 cm³/mol. The van der Waals surface area contributed by atoms with Crippen molar-refractivity contribution in [1.29, 1.82) is 0 Å². The molecule has 1 aromatic rings. The molecule has 1 aromatic heterocycles. The summed E-state index contributed by atoms with van der Waals surface area (Å²) in [7, 11) is 0.